The number of nitrogens with one attached hydrogen (secondary N) is 1. The number of rotatable bonds is 5. The van der Waals surface area contributed by atoms with E-state index in [0.717, 1.165) is 10.4 Å². The van der Waals surface area contributed by atoms with E-state index in [0.29, 0.717) is 12.1 Å². The van der Waals surface area contributed by atoms with Crippen LogP contribution in [0.1, 0.15) is 5.56 Å². The Balaban J connectivity index is 2.14. The first kappa shape index (κ1) is 12.7. The van der Waals surface area contributed by atoms with Crippen LogP contribution < -0.4 is 11.1 Å². The zero-order valence-corrected chi connectivity index (χ0v) is 10.5. The van der Waals surface area contributed by atoms with Crippen molar-refractivity contribution < 1.29 is 9.18 Å². The van der Waals surface area contributed by atoms with Gasteiger partial charge in [0.15, 0.2) is 0 Å². The highest BCUT2D eigenvalue weighted by molar-refractivity contribution is 7.13. The second-order valence-corrected chi connectivity index (χ2v) is 4.81. The smallest absolute Gasteiger partial charge is 0.231 e. The van der Waals surface area contributed by atoms with Crippen molar-refractivity contribution in [3.05, 3.63) is 47.1 Å². The van der Waals surface area contributed by atoms with E-state index < -0.39 is 5.91 Å². The topological polar surface area (TPSA) is 55.1 Å². The molecule has 0 aliphatic carbocycles. The van der Waals surface area contributed by atoms with Gasteiger partial charge in [-0.3, -0.25) is 4.79 Å². The predicted octanol–water partition coefficient (Wildman–Crippen LogP) is 2.13. The van der Waals surface area contributed by atoms with Crippen molar-refractivity contribution in [1.29, 1.82) is 0 Å². The van der Waals surface area contributed by atoms with Gasteiger partial charge in [0.1, 0.15) is 5.82 Å². The van der Waals surface area contributed by atoms with Gasteiger partial charge in [-0.15, -0.1) is 11.3 Å². The summed E-state index contributed by atoms with van der Waals surface area (Å²) in [6.45, 7) is 0.604. The van der Waals surface area contributed by atoms with Crippen molar-refractivity contribution in [2.24, 2.45) is 5.73 Å². The van der Waals surface area contributed by atoms with Crippen LogP contribution >= 0.6 is 11.3 Å². The molecular formula is C13H13FN2OS. The summed E-state index contributed by atoms with van der Waals surface area (Å²) in [4.78, 5) is 11.5. The lowest BCUT2D eigenvalue weighted by molar-refractivity contribution is -0.117. The van der Waals surface area contributed by atoms with Crippen LogP contribution in [0.5, 0.6) is 0 Å². The van der Waals surface area contributed by atoms with Crippen LogP contribution in [0.2, 0.25) is 0 Å². The number of carbonyl (C=O) groups excluding carboxylic acids is 1. The second kappa shape index (κ2) is 5.75. The van der Waals surface area contributed by atoms with Gasteiger partial charge in [-0.05, 0) is 29.1 Å². The van der Waals surface area contributed by atoms with Gasteiger partial charge in [0.25, 0.3) is 0 Å². The Hall–Kier alpha value is -1.72. The third-order valence-electron chi connectivity index (χ3n) is 2.45. The molecule has 0 saturated heterocycles. The van der Waals surface area contributed by atoms with Crippen LogP contribution in [0.3, 0.4) is 0 Å². The molecule has 1 aromatic carbocycles. The molecule has 94 valence electrons. The second-order valence-electron chi connectivity index (χ2n) is 3.86. The molecule has 0 saturated carbocycles. The molecule has 0 unspecified atom stereocenters. The zero-order valence-electron chi connectivity index (χ0n) is 9.65. The maximum absolute atomic E-state index is 13.7. The molecule has 0 fully saturated rings. The quantitative estimate of drug-likeness (QED) is 0.869. The fourth-order valence-electron chi connectivity index (χ4n) is 1.63. The number of carbonyl (C=O) groups is 1. The Kier molecular flexibility index (Phi) is 4.07. The van der Waals surface area contributed by atoms with E-state index >= 15 is 0 Å². The predicted molar refractivity (Wildman–Crippen MR) is 70.6 cm³/mol. The number of nitrogens with two attached hydrogens (primary N) is 1. The summed E-state index contributed by atoms with van der Waals surface area (Å²) in [5.74, 6) is -0.647. The lowest BCUT2D eigenvalue weighted by Crippen LogP contribution is -2.28. The molecular weight excluding hydrogens is 251 g/mol. The molecule has 0 aliphatic rings. The number of hydrogen-bond acceptors (Lipinski definition) is 3. The summed E-state index contributed by atoms with van der Waals surface area (Å²) >= 11 is 1.49. The lowest BCUT2D eigenvalue weighted by Gasteiger charge is -2.06. The van der Waals surface area contributed by atoms with E-state index in [2.05, 4.69) is 5.32 Å². The number of amides is 1. The molecule has 1 heterocycles. The van der Waals surface area contributed by atoms with Gasteiger partial charge < -0.3 is 11.1 Å². The maximum Gasteiger partial charge on any atom is 0.231 e. The molecule has 18 heavy (non-hydrogen) atoms. The average molecular weight is 264 g/mol. The molecule has 0 radical (unpaired) electrons. The molecule has 3 N–H and O–H groups in total. The SMILES string of the molecule is NC(=O)CNCc1ccc(F)c(-c2cccs2)c1. The third kappa shape index (κ3) is 3.15. The summed E-state index contributed by atoms with van der Waals surface area (Å²) < 4.78 is 13.7. The van der Waals surface area contributed by atoms with Crippen molar-refractivity contribution in [2.45, 2.75) is 6.54 Å². The minimum absolute atomic E-state index is 0.117. The average Bonchev–Trinajstić information content (AvgIpc) is 2.84. The van der Waals surface area contributed by atoms with Gasteiger partial charge in [0, 0.05) is 17.0 Å². The summed E-state index contributed by atoms with van der Waals surface area (Å²) in [5.41, 5.74) is 6.53. The van der Waals surface area contributed by atoms with Gasteiger partial charge >= 0.3 is 0 Å². The Morgan fingerprint density at radius 2 is 2.22 bits per heavy atom. The van der Waals surface area contributed by atoms with E-state index in [9.17, 15) is 9.18 Å². The highest BCUT2D eigenvalue weighted by Gasteiger charge is 2.07. The molecule has 0 bridgehead atoms. The number of benzene rings is 1. The van der Waals surface area contributed by atoms with Crippen LogP contribution in [0.15, 0.2) is 35.7 Å². The fourth-order valence-corrected chi connectivity index (χ4v) is 2.38. The van der Waals surface area contributed by atoms with Crippen molar-refractivity contribution in [2.75, 3.05) is 6.54 Å². The first-order chi connectivity index (χ1) is 8.66. The Bertz CT molecular complexity index is 540. The van der Waals surface area contributed by atoms with E-state index in [-0.39, 0.29) is 12.4 Å². The van der Waals surface area contributed by atoms with Crippen molar-refractivity contribution in [3.8, 4) is 10.4 Å². The van der Waals surface area contributed by atoms with Crippen molar-refractivity contribution in [3.63, 3.8) is 0 Å². The maximum atomic E-state index is 13.7. The number of hydrogen-bond donors (Lipinski definition) is 2. The molecule has 0 spiro atoms. The molecule has 1 amide bonds. The van der Waals surface area contributed by atoms with Crippen LogP contribution in [0, 0.1) is 5.82 Å². The van der Waals surface area contributed by atoms with Gasteiger partial charge in [-0.1, -0.05) is 12.1 Å². The van der Waals surface area contributed by atoms with Gasteiger partial charge in [-0.25, -0.2) is 4.39 Å². The van der Waals surface area contributed by atoms with Crippen LogP contribution in [0.4, 0.5) is 4.39 Å². The molecule has 2 rings (SSSR count). The summed E-state index contributed by atoms with van der Waals surface area (Å²) in [7, 11) is 0. The first-order valence-electron chi connectivity index (χ1n) is 5.48. The zero-order chi connectivity index (χ0) is 13.0. The van der Waals surface area contributed by atoms with Crippen LogP contribution in [0.25, 0.3) is 10.4 Å². The van der Waals surface area contributed by atoms with E-state index in [1.165, 1.54) is 17.4 Å². The summed E-state index contributed by atoms with van der Waals surface area (Å²) in [5, 5.41) is 4.81. The molecule has 5 heteroatoms. The Labute approximate surface area is 108 Å². The highest BCUT2D eigenvalue weighted by atomic mass is 32.1. The van der Waals surface area contributed by atoms with E-state index in [4.69, 9.17) is 5.73 Å². The molecule has 0 atom stereocenters. The van der Waals surface area contributed by atoms with Crippen LogP contribution in [-0.2, 0) is 11.3 Å². The van der Waals surface area contributed by atoms with Crippen molar-refractivity contribution in [1.82, 2.24) is 5.32 Å². The monoisotopic (exact) mass is 264 g/mol. The van der Waals surface area contributed by atoms with Crippen LogP contribution in [-0.4, -0.2) is 12.5 Å². The highest BCUT2D eigenvalue weighted by Crippen LogP contribution is 2.28. The summed E-state index contributed by atoms with van der Waals surface area (Å²) in [6.07, 6.45) is 0. The Morgan fingerprint density at radius 3 is 2.89 bits per heavy atom. The van der Waals surface area contributed by atoms with Gasteiger partial charge in [-0.2, -0.15) is 0 Å². The lowest BCUT2D eigenvalue weighted by atomic mass is 10.1. The third-order valence-corrected chi connectivity index (χ3v) is 3.35. The van der Waals surface area contributed by atoms with Gasteiger partial charge in [0.05, 0.1) is 6.54 Å². The first-order valence-corrected chi connectivity index (χ1v) is 6.36. The molecule has 1 aromatic heterocycles. The minimum Gasteiger partial charge on any atom is -0.369 e. The molecule has 2 aromatic rings. The Morgan fingerprint density at radius 1 is 1.39 bits per heavy atom. The molecule has 3 nitrogen and oxygen atoms in total. The molecule has 0 aliphatic heterocycles. The van der Waals surface area contributed by atoms with Gasteiger partial charge in [0.2, 0.25) is 5.91 Å². The number of thiophene rings is 1. The summed E-state index contributed by atoms with van der Waals surface area (Å²) in [6, 6.07) is 8.69. The van der Waals surface area contributed by atoms with E-state index in [1.54, 1.807) is 12.1 Å². The van der Waals surface area contributed by atoms with Crippen molar-refractivity contribution >= 4 is 17.2 Å². The number of primary amides is 1. The fraction of sp³-hybridized carbons (Fsp3) is 0.154. The van der Waals surface area contributed by atoms with E-state index in [1.807, 2.05) is 17.5 Å². The standard InChI is InChI=1S/C13H13FN2OS/c14-11-4-3-9(7-16-8-13(15)17)6-10(11)12-2-1-5-18-12/h1-6,16H,7-8H2,(H2,15,17). The minimum atomic E-state index is -0.407. The largest absolute Gasteiger partial charge is 0.369 e. The number of halogens is 1. The normalized spacial score (nSPS) is 10.5.